The molecule has 1 fully saturated rings. The third kappa shape index (κ3) is 3.74. The molecule has 0 radical (unpaired) electrons. The predicted molar refractivity (Wildman–Crippen MR) is 63.6 cm³/mol. The topological polar surface area (TPSA) is 47.3 Å². The second kappa shape index (κ2) is 3.72. The highest BCUT2D eigenvalue weighted by atomic mass is 16.5. The van der Waals surface area contributed by atoms with Crippen molar-refractivity contribution < 1.29 is 4.74 Å². The van der Waals surface area contributed by atoms with Gasteiger partial charge in [0.2, 0.25) is 0 Å². The van der Waals surface area contributed by atoms with Crippen LogP contribution in [-0.2, 0) is 4.74 Å². The lowest BCUT2D eigenvalue weighted by molar-refractivity contribution is 0.0226. The van der Waals surface area contributed by atoms with E-state index in [0.29, 0.717) is 6.04 Å². The van der Waals surface area contributed by atoms with Gasteiger partial charge in [0, 0.05) is 11.6 Å². The van der Waals surface area contributed by atoms with Crippen molar-refractivity contribution >= 4 is 0 Å². The summed E-state index contributed by atoms with van der Waals surface area (Å²) in [4.78, 5) is 0. The first kappa shape index (κ1) is 12.9. The summed E-state index contributed by atoms with van der Waals surface area (Å²) < 4.78 is 5.70. The van der Waals surface area contributed by atoms with Gasteiger partial charge in [-0.3, -0.25) is 5.32 Å². The molecular weight excluding hydrogens is 188 g/mol. The summed E-state index contributed by atoms with van der Waals surface area (Å²) >= 11 is 0. The molecule has 1 atom stereocenters. The Bertz CT molecular complexity index is 228. The van der Waals surface area contributed by atoms with Crippen LogP contribution in [0.5, 0.6) is 0 Å². The van der Waals surface area contributed by atoms with Crippen LogP contribution in [-0.4, -0.2) is 23.9 Å². The average Bonchev–Trinajstić information content (AvgIpc) is 2.25. The molecule has 1 aliphatic rings. The van der Waals surface area contributed by atoms with Crippen molar-refractivity contribution in [3.63, 3.8) is 0 Å². The Morgan fingerprint density at radius 1 is 1.33 bits per heavy atom. The Hall–Kier alpha value is -0.120. The minimum atomic E-state index is -0.194. The van der Waals surface area contributed by atoms with Gasteiger partial charge in [-0.05, 0) is 39.5 Å². The lowest BCUT2D eigenvalue weighted by atomic mass is 9.75. The van der Waals surface area contributed by atoms with E-state index in [-0.39, 0.29) is 16.7 Å². The van der Waals surface area contributed by atoms with Crippen LogP contribution in [0.3, 0.4) is 0 Å². The van der Waals surface area contributed by atoms with E-state index in [2.05, 4.69) is 46.9 Å². The number of hydrogen-bond donors (Lipinski definition) is 2. The maximum atomic E-state index is 6.09. The van der Waals surface area contributed by atoms with Crippen molar-refractivity contribution in [2.75, 3.05) is 6.61 Å². The highest BCUT2D eigenvalue weighted by Crippen LogP contribution is 2.34. The van der Waals surface area contributed by atoms with Gasteiger partial charge in [-0.2, -0.15) is 0 Å². The van der Waals surface area contributed by atoms with Gasteiger partial charge in [-0.15, -0.1) is 0 Å². The van der Waals surface area contributed by atoms with E-state index in [9.17, 15) is 0 Å². The molecule has 0 aromatic carbocycles. The van der Waals surface area contributed by atoms with E-state index >= 15 is 0 Å². The fraction of sp³-hybridized carbons (Fsp3) is 1.00. The zero-order valence-corrected chi connectivity index (χ0v) is 11.0. The number of ether oxygens (including phenoxy) is 1. The maximum absolute atomic E-state index is 6.09. The molecule has 1 aliphatic heterocycles. The van der Waals surface area contributed by atoms with E-state index in [1.54, 1.807) is 0 Å². The molecule has 0 saturated carbocycles. The summed E-state index contributed by atoms with van der Waals surface area (Å²) in [6, 6.07) is 0.385. The Morgan fingerprint density at radius 2 is 1.87 bits per heavy atom. The van der Waals surface area contributed by atoms with Gasteiger partial charge >= 0.3 is 0 Å². The summed E-state index contributed by atoms with van der Waals surface area (Å²) in [5.41, 5.74) is 5.93. The fourth-order valence-corrected chi connectivity index (χ4v) is 2.51. The molecule has 0 aromatic rings. The lowest BCUT2D eigenvalue weighted by Crippen LogP contribution is -2.49. The third-order valence-corrected chi connectivity index (χ3v) is 2.99. The molecular formula is C12H26N2O. The zero-order chi connectivity index (χ0) is 11.9. The SMILES string of the molecule is CC(C)(N)CC(C)(C)C1COC(C)(C)N1. The molecule has 1 rings (SSSR count). The van der Waals surface area contributed by atoms with Crippen LogP contribution < -0.4 is 11.1 Å². The molecule has 0 aliphatic carbocycles. The smallest absolute Gasteiger partial charge is 0.113 e. The van der Waals surface area contributed by atoms with Crippen LogP contribution in [0.15, 0.2) is 0 Å². The van der Waals surface area contributed by atoms with Crippen LogP contribution >= 0.6 is 0 Å². The second-order valence-corrected chi connectivity index (χ2v) is 6.67. The van der Waals surface area contributed by atoms with E-state index in [0.717, 1.165) is 13.0 Å². The monoisotopic (exact) mass is 214 g/mol. The molecule has 3 nitrogen and oxygen atoms in total. The highest BCUT2D eigenvalue weighted by molar-refractivity contribution is 4.95. The number of nitrogens with one attached hydrogen (secondary N) is 1. The van der Waals surface area contributed by atoms with Crippen molar-refractivity contribution in [3.8, 4) is 0 Å². The van der Waals surface area contributed by atoms with Crippen molar-refractivity contribution in [1.82, 2.24) is 5.32 Å². The van der Waals surface area contributed by atoms with Gasteiger partial charge in [-0.25, -0.2) is 0 Å². The number of nitrogens with two attached hydrogens (primary N) is 1. The Morgan fingerprint density at radius 3 is 2.20 bits per heavy atom. The van der Waals surface area contributed by atoms with Crippen molar-refractivity contribution in [1.29, 1.82) is 0 Å². The lowest BCUT2D eigenvalue weighted by Gasteiger charge is -2.37. The van der Waals surface area contributed by atoms with E-state index < -0.39 is 0 Å². The van der Waals surface area contributed by atoms with E-state index in [4.69, 9.17) is 10.5 Å². The standard InChI is InChI=1S/C12H26N2O/c1-10(2,8-11(3,4)13)9-7-15-12(5,6)14-9/h9,14H,7-8,13H2,1-6H3. The first-order valence-electron chi connectivity index (χ1n) is 5.72. The molecule has 1 saturated heterocycles. The fourth-order valence-electron chi connectivity index (χ4n) is 2.51. The molecule has 3 heteroatoms. The van der Waals surface area contributed by atoms with Crippen molar-refractivity contribution in [2.24, 2.45) is 11.1 Å². The molecule has 0 aromatic heterocycles. The zero-order valence-electron chi connectivity index (χ0n) is 11.0. The van der Waals surface area contributed by atoms with Gasteiger partial charge in [0.1, 0.15) is 5.72 Å². The summed E-state index contributed by atoms with van der Waals surface area (Å²) in [7, 11) is 0. The molecule has 15 heavy (non-hydrogen) atoms. The van der Waals surface area contributed by atoms with Crippen molar-refractivity contribution in [2.45, 2.75) is 65.3 Å². The van der Waals surface area contributed by atoms with Crippen LogP contribution in [0.4, 0.5) is 0 Å². The van der Waals surface area contributed by atoms with Gasteiger partial charge < -0.3 is 10.5 Å². The molecule has 3 N–H and O–H groups in total. The van der Waals surface area contributed by atoms with Crippen molar-refractivity contribution in [3.05, 3.63) is 0 Å². The average molecular weight is 214 g/mol. The Labute approximate surface area is 93.8 Å². The first-order chi connectivity index (χ1) is 6.52. The predicted octanol–water partition coefficient (Wildman–Crippen LogP) is 1.86. The Kier molecular flexibility index (Phi) is 3.21. The molecule has 0 spiro atoms. The van der Waals surface area contributed by atoms with E-state index in [1.165, 1.54) is 0 Å². The van der Waals surface area contributed by atoms with E-state index in [1.807, 2.05) is 0 Å². The Balaban J connectivity index is 2.63. The van der Waals surface area contributed by atoms with Gasteiger partial charge in [0.25, 0.3) is 0 Å². The quantitative estimate of drug-likeness (QED) is 0.754. The first-order valence-corrected chi connectivity index (χ1v) is 5.72. The van der Waals surface area contributed by atoms with Crippen LogP contribution in [0.25, 0.3) is 0 Å². The van der Waals surface area contributed by atoms with Crippen LogP contribution in [0, 0.1) is 5.41 Å². The number of rotatable bonds is 3. The highest BCUT2D eigenvalue weighted by Gasteiger charge is 2.41. The van der Waals surface area contributed by atoms with Gasteiger partial charge in [0.05, 0.1) is 6.61 Å². The molecule has 1 unspecified atom stereocenters. The largest absolute Gasteiger partial charge is 0.360 e. The third-order valence-electron chi connectivity index (χ3n) is 2.99. The minimum absolute atomic E-state index is 0.127. The van der Waals surface area contributed by atoms with Gasteiger partial charge in [0.15, 0.2) is 0 Å². The molecule has 0 amide bonds. The summed E-state index contributed by atoms with van der Waals surface area (Å²) in [6.45, 7) is 13.6. The summed E-state index contributed by atoms with van der Waals surface area (Å²) in [6.07, 6.45) is 0.983. The van der Waals surface area contributed by atoms with Crippen LogP contribution in [0.2, 0.25) is 0 Å². The maximum Gasteiger partial charge on any atom is 0.113 e. The molecule has 90 valence electrons. The summed E-state index contributed by atoms with van der Waals surface area (Å²) in [5.74, 6) is 0. The van der Waals surface area contributed by atoms with Crippen LogP contribution in [0.1, 0.15) is 48.0 Å². The van der Waals surface area contributed by atoms with Gasteiger partial charge in [-0.1, -0.05) is 13.8 Å². The normalized spacial score (nSPS) is 27.0. The summed E-state index contributed by atoms with van der Waals surface area (Å²) in [5, 5.41) is 3.52. The molecule has 1 heterocycles. The minimum Gasteiger partial charge on any atom is -0.360 e. The molecule has 0 bridgehead atoms. The second-order valence-electron chi connectivity index (χ2n) is 6.67. The number of hydrogen-bond acceptors (Lipinski definition) is 3.